The van der Waals surface area contributed by atoms with Gasteiger partial charge in [0.2, 0.25) is 5.91 Å². The summed E-state index contributed by atoms with van der Waals surface area (Å²) in [5.74, 6) is 0.981. The summed E-state index contributed by atoms with van der Waals surface area (Å²) in [6.07, 6.45) is 3.06. The van der Waals surface area contributed by atoms with E-state index < -0.39 is 5.60 Å². The first-order valence-corrected chi connectivity index (χ1v) is 8.28. The van der Waals surface area contributed by atoms with Gasteiger partial charge >= 0.3 is 0 Å². The monoisotopic (exact) mass is 322 g/mol. The average molecular weight is 322 g/mol. The molecule has 1 aromatic rings. The number of ether oxygens (including phenoxy) is 1. The zero-order valence-electron chi connectivity index (χ0n) is 13.9. The fourth-order valence-corrected chi connectivity index (χ4v) is 3.46. The number of hydrogen-bond donors (Lipinski definition) is 2. The molecule has 2 fully saturated rings. The highest BCUT2D eigenvalue weighted by Crippen LogP contribution is 2.29. The number of piperidine rings is 1. The van der Waals surface area contributed by atoms with E-state index in [1.165, 1.54) is 0 Å². The van der Waals surface area contributed by atoms with Gasteiger partial charge in [-0.1, -0.05) is 0 Å². The van der Waals surface area contributed by atoms with E-state index in [0.29, 0.717) is 45.7 Å². The topological polar surface area (TPSA) is 81.7 Å². The van der Waals surface area contributed by atoms with Crippen LogP contribution in [0.3, 0.4) is 0 Å². The van der Waals surface area contributed by atoms with E-state index in [-0.39, 0.29) is 11.9 Å². The Morgan fingerprint density at radius 1 is 1.48 bits per heavy atom. The van der Waals surface area contributed by atoms with Gasteiger partial charge in [0.25, 0.3) is 0 Å². The van der Waals surface area contributed by atoms with Gasteiger partial charge in [-0.3, -0.25) is 9.69 Å². The zero-order valence-corrected chi connectivity index (χ0v) is 13.9. The van der Waals surface area contributed by atoms with E-state index >= 15 is 0 Å². The van der Waals surface area contributed by atoms with Crippen LogP contribution in [0.2, 0.25) is 0 Å². The normalized spacial score (nSPS) is 25.5. The number of aryl methyl sites for hydroxylation is 1. The summed E-state index contributed by atoms with van der Waals surface area (Å²) < 4.78 is 5.61. The molecule has 2 aliphatic rings. The molecule has 7 heteroatoms. The van der Waals surface area contributed by atoms with Crippen LogP contribution in [0.25, 0.3) is 0 Å². The Morgan fingerprint density at radius 2 is 2.22 bits per heavy atom. The van der Waals surface area contributed by atoms with Crippen molar-refractivity contribution in [1.29, 1.82) is 0 Å². The molecule has 1 unspecified atom stereocenters. The molecule has 7 nitrogen and oxygen atoms in total. The second kappa shape index (κ2) is 6.59. The van der Waals surface area contributed by atoms with Crippen molar-refractivity contribution in [2.24, 2.45) is 0 Å². The maximum atomic E-state index is 11.4. The first kappa shape index (κ1) is 16.4. The smallest absolute Gasteiger partial charge is 0.219 e. The molecular weight excluding hydrogens is 296 g/mol. The molecular formula is C16H26N4O3. The van der Waals surface area contributed by atoms with Crippen LogP contribution in [0.1, 0.15) is 37.3 Å². The highest BCUT2D eigenvalue weighted by molar-refractivity contribution is 5.73. The molecule has 0 aliphatic carbocycles. The molecule has 0 radical (unpaired) electrons. The Labute approximate surface area is 136 Å². The summed E-state index contributed by atoms with van der Waals surface area (Å²) in [5, 5.41) is 10.9. The maximum Gasteiger partial charge on any atom is 0.219 e. The number of β-amino-alcohol motifs (C(OH)–C–C–N with tert-alkyl or cyclic N) is 1. The number of rotatable bonds is 3. The minimum Gasteiger partial charge on any atom is -0.388 e. The number of H-pyrrole nitrogens is 1. The Morgan fingerprint density at radius 3 is 2.83 bits per heavy atom. The molecule has 23 heavy (non-hydrogen) atoms. The molecule has 2 saturated heterocycles. The number of imidazole rings is 1. The predicted molar refractivity (Wildman–Crippen MR) is 84.9 cm³/mol. The molecule has 2 aliphatic heterocycles. The molecule has 3 heterocycles. The number of aliphatic hydroxyl groups is 1. The number of nitrogens with zero attached hydrogens (tertiary/aromatic N) is 3. The van der Waals surface area contributed by atoms with Gasteiger partial charge in [0.05, 0.1) is 24.9 Å². The van der Waals surface area contributed by atoms with Gasteiger partial charge < -0.3 is 19.7 Å². The van der Waals surface area contributed by atoms with Crippen LogP contribution < -0.4 is 0 Å². The van der Waals surface area contributed by atoms with Crippen LogP contribution in [0.4, 0.5) is 0 Å². The van der Waals surface area contributed by atoms with Crippen molar-refractivity contribution < 1.29 is 14.6 Å². The molecule has 2 N–H and O–H groups in total. The Kier molecular flexibility index (Phi) is 4.70. The summed E-state index contributed by atoms with van der Waals surface area (Å²) >= 11 is 0. The minimum absolute atomic E-state index is 0.0484. The number of hydrogen-bond acceptors (Lipinski definition) is 5. The quantitative estimate of drug-likeness (QED) is 0.845. The highest BCUT2D eigenvalue weighted by Gasteiger charge is 2.38. The standard InChI is InChI=1S/C16H26N4O3/c1-12-9-17-15(18-12)14-10-23-8-7-20(14)11-16(22)3-5-19(6-4-16)13(2)21/h9,14,22H,3-8,10-11H2,1-2H3,(H,17,18). The molecule has 1 atom stereocenters. The van der Waals surface area contributed by atoms with Crippen LogP contribution in [-0.4, -0.2) is 75.8 Å². The predicted octanol–water partition coefficient (Wildman–Crippen LogP) is 0.465. The molecule has 0 aromatic carbocycles. The van der Waals surface area contributed by atoms with Crippen LogP contribution in [0, 0.1) is 6.92 Å². The van der Waals surface area contributed by atoms with E-state index in [1.807, 2.05) is 13.1 Å². The maximum absolute atomic E-state index is 11.4. The van der Waals surface area contributed by atoms with Crippen molar-refractivity contribution in [1.82, 2.24) is 19.8 Å². The van der Waals surface area contributed by atoms with Crippen molar-refractivity contribution in [2.45, 2.75) is 38.3 Å². The van der Waals surface area contributed by atoms with Gasteiger partial charge in [0.15, 0.2) is 0 Å². The lowest BCUT2D eigenvalue weighted by Crippen LogP contribution is -2.54. The van der Waals surface area contributed by atoms with Crippen LogP contribution >= 0.6 is 0 Å². The number of amides is 1. The third-order valence-corrected chi connectivity index (χ3v) is 4.91. The second-order valence-corrected chi connectivity index (χ2v) is 6.74. The van der Waals surface area contributed by atoms with Crippen molar-refractivity contribution >= 4 is 5.91 Å². The second-order valence-electron chi connectivity index (χ2n) is 6.74. The molecule has 128 valence electrons. The number of aromatic nitrogens is 2. The van der Waals surface area contributed by atoms with Gasteiger partial charge in [0.1, 0.15) is 5.82 Å². The summed E-state index contributed by atoms with van der Waals surface area (Å²) in [6.45, 7) is 7.45. The number of likely N-dealkylation sites (tertiary alicyclic amines) is 1. The van der Waals surface area contributed by atoms with Crippen molar-refractivity contribution in [3.63, 3.8) is 0 Å². The summed E-state index contributed by atoms with van der Waals surface area (Å²) in [7, 11) is 0. The van der Waals surface area contributed by atoms with Crippen LogP contribution in [0.5, 0.6) is 0 Å². The Bertz CT molecular complexity index is 551. The van der Waals surface area contributed by atoms with Gasteiger partial charge in [-0.25, -0.2) is 4.98 Å². The van der Waals surface area contributed by atoms with E-state index in [2.05, 4.69) is 14.9 Å². The first-order chi connectivity index (χ1) is 11.0. The molecule has 3 rings (SSSR count). The van der Waals surface area contributed by atoms with Gasteiger partial charge in [-0.2, -0.15) is 0 Å². The van der Waals surface area contributed by atoms with Crippen molar-refractivity contribution in [3.8, 4) is 0 Å². The minimum atomic E-state index is -0.747. The summed E-state index contributed by atoms with van der Waals surface area (Å²) in [5.41, 5.74) is 0.280. The molecule has 1 aromatic heterocycles. The van der Waals surface area contributed by atoms with Crippen molar-refractivity contribution in [2.75, 3.05) is 39.4 Å². The van der Waals surface area contributed by atoms with Gasteiger partial charge in [0, 0.05) is 45.0 Å². The fourth-order valence-electron chi connectivity index (χ4n) is 3.46. The van der Waals surface area contributed by atoms with E-state index in [9.17, 15) is 9.90 Å². The average Bonchev–Trinajstić information content (AvgIpc) is 2.94. The lowest BCUT2D eigenvalue weighted by Gasteiger charge is -2.43. The first-order valence-electron chi connectivity index (χ1n) is 8.28. The zero-order chi connectivity index (χ0) is 16.4. The van der Waals surface area contributed by atoms with E-state index in [0.717, 1.165) is 18.1 Å². The number of morpholine rings is 1. The van der Waals surface area contributed by atoms with Crippen LogP contribution in [0.15, 0.2) is 6.20 Å². The molecule has 0 spiro atoms. The number of nitrogens with one attached hydrogen (secondary N) is 1. The van der Waals surface area contributed by atoms with Crippen LogP contribution in [-0.2, 0) is 9.53 Å². The lowest BCUT2D eigenvalue weighted by molar-refractivity contribution is -0.135. The SMILES string of the molecule is CC(=O)N1CCC(O)(CN2CCOCC2c2ncc(C)[nH]2)CC1. The van der Waals surface area contributed by atoms with Crippen molar-refractivity contribution in [3.05, 3.63) is 17.7 Å². The number of aromatic amines is 1. The molecule has 0 bridgehead atoms. The molecule has 1 amide bonds. The van der Waals surface area contributed by atoms with Gasteiger partial charge in [-0.05, 0) is 19.8 Å². The largest absolute Gasteiger partial charge is 0.388 e. The third-order valence-electron chi connectivity index (χ3n) is 4.91. The Hall–Kier alpha value is -1.44. The number of carbonyl (C=O) groups is 1. The fraction of sp³-hybridized carbons (Fsp3) is 0.750. The summed E-state index contributed by atoms with van der Waals surface area (Å²) in [6, 6.07) is 0.0484. The summed E-state index contributed by atoms with van der Waals surface area (Å²) in [4.78, 5) is 23.2. The molecule has 0 saturated carbocycles. The highest BCUT2D eigenvalue weighted by atomic mass is 16.5. The van der Waals surface area contributed by atoms with E-state index in [1.54, 1.807) is 11.8 Å². The van der Waals surface area contributed by atoms with E-state index in [4.69, 9.17) is 4.74 Å². The number of carbonyl (C=O) groups excluding carboxylic acids is 1. The lowest BCUT2D eigenvalue weighted by atomic mass is 9.90. The third kappa shape index (κ3) is 3.73. The van der Waals surface area contributed by atoms with Gasteiger partial charge in [-0.15, -0.1) is 0 Å². The Balaban J connectivity index is 1.66.